The minimum absolute atomic E-state index is 0.0151. The van der Waals surface area contributed by atoms with Crippen molar-refractivity contribution in [3.05, 3.63) is 16.6 Å². The van der Waals surface area contributed by atoms with Gasteiger partial charge in [-0.3, -0.25) is 9.78 Å². The fraction of sp³-hybridized carbons (Fsp3) is 0.556. The van der Waals surface area contributed by atoms with E-state index in [4.69, 9.17) is 0 Å². The van der Waals surface area contributed by atoms with E-state index in [0.717, 1.165) is 19.5 Å². The third kappa shape index (κ3) is 1.93. The molecule has 2 rings (SSSR count). The van der Waals surface area contributed by atoms with E-state index in [1.54, 1.807) is 11.7 Å². The smallest absolute Gasteiger partial charge is 0.263 e. The van der Waals surface area contributed by atoms with Crippen molar-refractivity contribution in [1.29, 1.82) is 0 Å². The molecule has 14 heavy (non-hydrogen) atoms. The summed E-state index contributed by atoms with van der Waals surface area (Å²) in [5.41, 5.74) is 1.57. The van der Waals surface area contributed by atoms with Gasteiger partial charge in [0, 0.05) is 6.54 Å². The molecule has 2 N–H and O–H groups in total. The van der Waals surface area contributed by atoms with Gasteiger partial charge in [0.05, 0.1) is 17.2 Å². The van der Waals surface area contributed by atoms with Crippen LogP contribution >= 0.6 is 11.3 Å². The molecular weight excluding hydrogens is 198 g/mol. The molecule has 1 aromatic heterocycles. The second-order valence-electron chi connectivity index (χ2n) is 3.81. The van der Waals surface area contributed by atoms with Crippen molar-refractivity contribution >= 4 is 17.2 Å². The first-order valence-electron chi connectivity index (χ1n) is 4.61. The molecule has 4 nitrogen and oxygen atoms in total. The number of amides is 1. The zero-order valence-corrected chi connectivity index (χ0v) is 8.86. The lowest BCUT2D eigenvalue weighted by Crippen LogP contribution is -2.47. The van der Waals surface area contributed by atoms with Crippen LogP contribution in [0.5, 0.6) is 0 Å². The fourth-order valence-electron chi connectivity index (χ4n) is 1.59. The number of aromatic nitrogens is 1. The van der Waals surface area contributed by atoms with Crippen molar-refractivity contribution in [3.8, 4) is 0 Å². The summed E-state index contributed by atoms with van der Waals surface area (Å²) >= 11 is 1.37. The minimum atomic E-state index is -0.0962. The number of nitrogens with one attached hydrogen (secondary N) is 2. The third-order valence-electron chi connectivity index (χ3n) is 2.44. The summed E-state index contributed by atoms with van der Waals surface area (Å²) in [5.74, 6) is -0.0151. The van der Waals surface area contributed by atoms with E-state index >= 15 is 0 Å². The summed E-state index contributed by atoms with van der Waals surface area (Å²) in [5, 5.41) is 6.26. The lowest BCUT2D eigenvalue weighted by atomic mass is 10.0. The molecule has 5 heteroatoms. The molecule has 0 spiro atoms. The van der Waals surface area contributed by atoms with Crippen LogP contribution in [0.2, 0.25) is 0 Å². The van der Waals surface area contributed by atoms with Crippen LogP contribution in [0.25, 0.3) is 0 Å². The first-order valence-corrected chi connectivity index (χ1v) is 5.49. The predicted octanol–water partition coefficient (Wildman–Crippen LogP) is 0.625. The zero-order chi connectivity index (χ0) is 10.0. The number of thiazole rings is 1. The van der Waals surface area contributed by atoms with Crippen LogP contribution in [0.3, 0.4) is 0 Å². The Balaban J connectivity index is 2.01. The molecule has 1 fully saturated rings. The van der Waals surface area contributed by atoms with Crippen LogP contribution in [-0.2, 0) is 0 Å². The predicted molar refractivity (Wildman–Crippen MR) is 55.5 cm³/mol. The minimum Gasteiger partial charge on any atom is -0.345 e. The normalized spacial score (nSPS) is 26.4. The molecule has 76 valence electrons. The van der Waals surface area contributed by atoms with Crippen LogP contribution < -0.4 is 10.6 Å². The van der Waals surface area contributed by atoms with Crippen LogP contribution in [0.4, 0.5) is 0 Å². The number of carbonyl (C=O) groups excluding carboxylic acids is 1. The summed E-state index contributed by atoms with van der Waals surface area (Å²) in [6.07, 6.45) is 2.59. The Hall–Kier alpha value is -0.940. The second kappa shape index (κ2) is 3.67. The monoisotopic (exact) mass is 211 g/mol. The van der Waals surface area contributed by atoms with Crippen molar-refractivity contribution in [2.45, 2.75) is 18.9 Å². The Morgan fingerprint density at radius 1 is 1.79 bits per heavy atom. The number of carbonyl (C=O) groups is 1. The van der Waals surface area contributed by atoms with E-state index in [1.807, 2.05) is 0 Å². The quantitative estimate of drug-likeness (QED) is 0.754. The summed E-state index contributed by atoms with van der Waals surface area (Å²) in [6.45, 7) is 3.88. The van der Waals surface area contributed by atoms with Gasteiger partial charge in [0.25, 0.3) is 5.91 Å². The van der Waals surface area contributed by atoms with E-state index in [-0.39, 0.29) is 11.4 Å². The Labute approximate surface area is 86.7 Å². The summed E-state index contributed by atoms with van der Waals surface area (Å²) in [7, 11) is 0. The van der Waals surface area contributed by atoms with Gasteiger partial charge in [-0.05, 0) is 19.9 Å². The van der Waals surface area contributed by atoms with E-state index < -0.39 is 0 Å². The molecule has 0 aromatic carbocycles. The third-order valence-corrected chi connectivity index (χ3v) is 3.21. The van der Waals surface area contributed by atoms with Gasteiger partial charge in [-0.1, -0.05) is 0 Å². The standard InChI is InChI=1S/C9H13N3OS/c1-9(2-3-10-5-9)12-8(13)7-4-11-6-14-7/h4,6,10H,2-3,5H2,1H3,(H,12,13). The van der Waals surface area contributed by atoms with E-state index in [2.05, 4.69) is 22.5 Å². The first-order chi connectivity index (χ1) is 6.70. The Bertz CT molecular complexity index is 317. The van der Waals surface area contributed by atoms with Crippen LogP contribution in [0, 0.1) is 0 Å². The lowest BCUT2D eigenvalue weighted by Gasteiger charge is -2.23. The van der Waals surface area contributed by atoms with Crippen molar-refractivity contribution in [1.82, 2.24) is 15.6 Å². The molecular formula is C9H13N3OS. The number of nitrogens with zero attached hydrogens (tertiary/aromatic N) is 1. The van der Waals surface area contributed by atoms with Crippen molar-refractivity contribution < 1.29 is 4.79 Å². The summed E-state index contributed by atoms with van der Waals surface area (Å²) in [6, 6.07) is 0. The highest BCUT2D eigenvalue weighted by atomic mass is 32.1. The molecule has 1 unspecified atom stereocenters. The Morgan fingerprint density at radius 2 is 2.64 bits per heavy atom. The first kappa shape index (κ1) is 9.61. The van der Waals surface area contributed by atoms with Crippen molar-refractivity contribution in [2.24, 2.45) is 0 Å². The fourth-order valence-corrected chi connectivity index (χ4v) is 2.10. The lowest BCUT2D eigenvalue weighted by molar-refractivity contribution is 0.0917. The zero-order valence-electron chi connectivity index (χ0n) is 8.04. The molecule has 2 heterocycles. The Morgan fingerprint density at radius 3 is 3.21 bits per heavy atom. The van der Waals surface area contributed by atoms with Gasteiger partial charge in [-0.15, -0.1) is 11.3 Å². The van der Waals surface area contributed by atoms with E-state index in [1.165, 1.54) is 11.3 Å². The molecule has 1 atom stereocenters. The largest absolute Gasteiger partial charge is 0.345 e. The number of rotatable bonds is 2. The van der Waals surface area contributed by atoms with Gasteiger partial charge >= 0.3 is 0 Å². The number of hydrogen-bond donors (Lipinski definition) is 2. The average Bonchev–Trinajstić information content (AvgIpc) is 2.74. The molecule has 0 saturated carbocycles. The molecule has 1 saturated heterocycles. The highest BCUT2D eigenvalue weighted by molar-refractivity contribution is 7.11. The van der Waals surface area contributed by atoms with Crippen LogP contribution in [0.15, 0.2) is 11.7 Å². The van der Waals surface area contributed by atoms with Gasteiger partial charge in [0.2, 0.25) is 0 Å². The van der Waals surface area contributed by atoms with Crippen molar-refractivity contribution in [3.63, 3.8) is 0 Å². The highest BCUT2D eigenvalue weighted by Gasteiger charge is 2.30. The topological polar surface area (TPSA) is 54.0 Å². The van der Waals surface area contributed by atoms with Crippen LogP contribution in [-0.4, -0.2) is 29.5 Å². The van der Waals surface area contributed by atoms with Gasteiger partial charge in [-0.25, -0.2) is 0 Å². The molecule has 0 radical (unpaired) electrons. The number of hydrogen-bond acceptors (Lipinski definition) is 4. The molecule has 1 aliphatic rings. The van der Waals surface area contributed by atoms with Crippen LogP contribution in [0.1, 0.15) is 23.0 Å². The molecule has 0 aliphatic carbocycles. The Kier molecular flexibility index (Phi) is 2.52. The average molecular weight is 211 g/mol. The van der Waals surface area contributed by atoms with Crippen molar-refractivity contribution in [2.75, 3.05) is 13.1 Å². The summed E-state index contributed by atoms with van der Waals surface area (Å²) < 4.78 is 0. The second-order valence-corrected chi connectivity index (χ2v) is 4.69. The maximum Gasteiger partial charge on any atom is 0.263 e. The molecule has 1 amide bonds. The summed E-state index contributed by atoms with van der Waals surface area (Å²) in [4.78, 5) is 16.3. The maximum atomic E-state index is 11.7. The van der Waals surface area contributed by atoms with Gasteiger partial charge in [-0.2, -0.15) is 0 Å². The van der Waals surface area contributed by atoms with Gasteiger partial charge in [0.1, 0.15) is 4.88 Å². The SMILES string of the molecule is CC1(NC(=O)c2cncs2)CCNC1. The molecule has 0 bridgehead atoms. The molecule has 1 aliphatic heterocycles. The van der Waals surface area contributed by atoms with E-state index in [9.17, 15) is 4.79 Å². The molecule has 1 aromatic rings. The van der Waals surface area contributed by atoms with Gasteiger partial charge in [0.15, 0.2) is 0 Å². The van der Waals surface area contributed by atoms with Gasteiger partial charge < -0.3 is 10.6 Å². The maximum absolute atomic E-state index is 11.7. The van der Waals surface area contributed by atoms with E-state index in [0.29, 0.717) is 4.88 Å². The highest BCUT2D eigenvalue weighted by Crippen LogP contribution is 2.15.